The maximum absolute atomic E-state index is 14.8. The Morgan fingerprint density at radius 3 is 2.47 bits per heavy atom. The highest BCUT2D eigenvalue weighted by molar-refractivity contribution is 5.66. The average Bonchev–Trinajstić information content (AvgIpc) is 3.17. The van der Waals surface area contributed by atoms with Crippen molar-refractivity contribution in [2.75, 3.05) is 13.1 Å². The molecule has 8 heteroatoms. The van der Waals surface area contributed by atoms with Crippen molar-refractivity contribution < 1.29 is 31.9 Å². The molecule has 1 aliphatic carbocycles. The molecule has 3 nitrogen and oxygen atoms in total. The number of rotatable bonds is 9. The van der Waals surface area contributed by atoms with Crippen molar-refractivity contribution >= 4 is 5.97 Å². The van der Waals surface area contributed by atoms with E-state index < -0.39 is 17.8 Å². The van der Waals surface area contributed by atoms with E-state index in [0.717, 1.165) is 55.5 Å². The summed E-state index contributed by atoms with van der Waals surface area (Å²) in [6, 6.07) is 10.8. The lowest BCUT2D eigenvalue weighted by Crippen LogP contribution is -2.48. The van der Waals surface area contributed by atoms with Crippen molar-refractivity contribution in [2.24, 2.45) is 0 Å². The first-order valence-corrected chi connectivity index (χ1v) is 12.5. The summed E-state index contributed by atoms with van der Waals surface area (Å²) in [4.78, 5) is 13.2. The van der Waals surface area contributed by atoms with Gasteiger partial charge in [-0.2, -0.15) is 13.2 Å². The van der Waals surface area contributed by atoms with Gasteiger partial charge in [-0.25, -0.2) is 8.78 Å². The Morgan fingerprint density at radius 1 is 1.08 bits per heavy atom. The van der Waals surface area contributed by atoms with Crippen LogP contribution in [0.15, 0.2) is 42.5 Å². The topological polar surface area (TPSA) is 40.5 Å². The van der Waals surface area contributed by atoms with E-state index in [2.05, 4.69) is 4.90 Å². The molecular formula is C28H32F5NO2. The molecule has 2 aliphatic rings. The highest BCUT2D eigenvalue weighted by atomic mass is 19.4. The number of carbonyl (C=O) groups is 1. The van der Waals surface area contributed by atoms with Gasteiger partial charge in [0.15, 0.2) is 0 Å². The van der Waals surface area contributed by atoms with Gasteiger partial charge in [-0.1, -0.05) is 36.8 Å². The number of aryl methyl sites for hydroxylation is 1. The van der Waals surface area contributed by atoms with Crippen molar-refractivity contribution in [3.63, 3.8) is 0 Å². The molecule has 4 rings (SSSR count). The molecule has 0 saturated carbocycles. The molecule has 2 aromatic carbocycles. The molecule has 1 fully saturated rings. The average molecular weight is 510 g/mol. The third-order valence-corrected chi connectivity index (χ3v) is 8.10. The Kier molecular flexibility index (Phi) is 7.47. The Labute approximate surface area is 208 Å². The SMILES string of the molecule is CC(F)(c1ccc2c(c1)CC[C@H]1N(CCCCCC(=O)O)CC[C@@]21Cc1ccc(F)cc1)C(F)(F)F. The van der Waals surface area contributed by atoms with Gasteiger partial charge in [0.25, 0.3) is 0 Å². The minimum atomic E-state index is -5.00. The third-order valence-electron chi connectivity index (χ3n) is 8.10. The Balaban J connectivity index is 1.64. The Bertz CT molecular complexity index is 1080. The maximum Gasteiger partial charge on any atom is 0.426 e. The molecule has 3 atom stereocenters. The van der Waals surface area contributed by atoms with Gasteiger partial charge in [0.2, 0.25) is 5.67 Å². The van der Waals surface area contributed by atoms with Crippen LogP contribution in [0.1, 0.15) is 67.7 Å². The van der Waals surface area contributed by atoms with Gasteiger partial charge in [0.05, 0.1) is 0 Å². The molecule has 1 aliphatic heterocycles. The van der Waals surface area contributed by atoms with Crippen LogP contribution >= 0.6 is 0 Å². The van der Waals surface area contributed by atoms with Gasteiger partial charge in [0.1, 0.15) is 5.82 Å². The van der Waals surface area contributed by atoms with Crippen molar-refractivity contribution in [2.45, 2.75) is 81.6 Å². The highest BCUT2D eigenvalue weighted by Gasteiger charge is 2.55. The summed E-state index contributed by atoms with van der Waals surface area (Å²) < 4.78 is 68.5. The Hall–Kier alpha value is -2.48. The number of unbranched alkanes of at least 4 members (excludes halogenated alkanes) is 2. The van der Waals surface area contributed by atoms with Crippen LogP contribution in [0.2, 0.25) is 0 Å². The second-order valence-corrected chi connectivity index (χ2v) is 10.4. The second-order valence-electron chi connectivity index (χ2n) is 10.4. The van der Waals surface area contributed by atoms with E-state index in [9.17, 15) is 26.7 Å². The van der Waals surface area contributed by atoms with Crippen LogP contribution in [0.4, 0.5) is 22.0 Å². The molecule has 1 N–H and O–H groups in total. The van der Waals surface area contributed by atoms with E-state index >= 15 is 0 Å². The van der Waals surface area contributed by atoms with Crippen molar-refractivity contribution in [3.8, 4) is 0 Å². The van der Waals surface area contributed by atoms with E-state index in [4.69, 9.17) is 5.11 Å². The van der Waals surface area contributed by atoms with E-state index in [1.165, 1.54) is 24.3 Å². The summed E-state index contributed by atoms with van der Waals surface area (Å²) in [6.07, 6.45) is 0.162. The lowest BCUT2D eigenvalue weighted by molar-refractivity contribution is -0.228. The smallest absolute Gasteiger partial charge is 0.426 e. The van der Waals surface area contributed by atoms with Crippen LogP contribution in [0.5, 0.6) is 0 Å². The molecule has 0 amide bonds. The summed E-state index contributed by atoms with van der Waals surface area (Å²) in [6.45, 7) is 2.20. The van der Waals surface area contributed by atoms with Gasteiger partial charge in [-0.15, -0.1) is 0 Å². The number of hydrogen-bond donors (Lipinski definition) is 1. The minimum absolute atomic E-state index is 0.152. The number of benzene rings is 2. The summed E-state index contributed by atoms with van der Waals surface area (Å²) >= 11 is 0. The van der Waals surface area contributed by atoms with Crippen LogP contribution in [-0.4, -0.2) is 41.3 Å². The largest absolute Gasteiger partial charge is 0.481 e. The predicted octanol–water partition coefficient (Wildman–Crippen LogP) is 6.72. The first-order valence-electron chi connectivity index (χ1n) is 12.5. The quantitative estimate of drug-likeness (QED) is 0.301. The number of alkyl halides is 4. The lowest BCUT2D eigenvalue weighted by Gasteiger charge is -2.44. The maximum atomic E-state index is 14.8. The first-order chi connectivity index (χ1) is 16.9. The number of carboxylic acid groups (broad SMARTS) is 1. The molecule has 2 aromatic rings. The highest BCUT2D eigenvalue weighted by Crippen LogP contribution is 2.51. The van der Waals surface area contributed by atoms with Crippen LogP contribution in [-0.2, 0) is 28.7 Å². The van der Waals surface area contributed by atoms with Gasteiger partial charge >= 0.3 is 12.1 Å². The molecule has 1 unspecified atom stereocenters. The van der Waals surface area contributed by atoms with E-state index in [1.807, 2.05) is 0 Å². The summed E-state index contributed by atoms with van der Waals surface area (Å²) in [5.74, 6) is -1.13. The van der Waals surface area contributed by atoms with Gasteiger partial charge in [-0.3, -0.25) is 9.69 Å². The molecular weight excluding hydrogens is 477 g/mol. The van der Waals surface area contributed by atoms with Crippen molar-refractivity contribution in [1.29, 1.82) is 0 Å². The fraction of sp³-hybridized carbons (Fsp3) is 0.536. The summed E-state index contributed by atoms with van der Waals surface area (Å²) in [5.41, 5.74) is -1.51. The predicted molar refractivity (Wildman–Crippen MR) is 127 cm³/mol. The Morgan fingerprint density at radius 2 is 1.81 bits per heavy atom. The number of hydrogen-bond acceptors (Lipinski definition) is 2. The number of carboxylic acids is 1. The third kappa shape index (κ3) is 5.15. The summed E-state index contributed by atoms with van der Waals surface area (Å²) in [5, 5.41) is 8.86. The molecule has 0 bridgehead atoms. The van der Waals surface area contributed by atoms with Crippen molar-refractivity contribution in [3.05, 3.63) is 70.5 Å². The zero-order chi connectivity index (χ0) is 26.1. The van der Waals surface area contributed by atoms with E-state index in [0.29, 0.717) is 26.2 Å². The number of aliphatic carboxylic acids is 1. The molecule has 0 spiro atoms. The fourth-order valence-corrected chi connectivity index (χ4v) is 6.13. The van der Waals surface area contributed by atoms with Gasteiger partial charge < -0.3 is 5.11 Å². The van der Waals surface area contributed by atoms with Gasteiger partial charge in [0, 0.05) is 17.9 Å². The molecule has 1 heterocycles. The zero-order valence-electron chi connectivity index (χ0n) is 20.4. The van der Waals surface area contributed by atoms with Crippen LogP contribution in [0, 0.1) is 5.82 Å². The number of nitrogens with zero attached hydrogens (tertiary/aromatic N) is 1. The van der Waals surface area contributed by atoms with E-state index in [1.54, 1.807) is 18.2 Å². The minimum Gasteiger partial charge on any atom is -0.481 e. The van der Waals surface area contributed by atoms with Crippen LogP contribution in [0.3, 0.4) is 0 Å². The monoisotopic (exact) mass is 509 g/mol. The van der Waals surface area contributed by atoms with Crippen LogP contribution in [0.25, 0.3) is 0 Å². The summed E-state index contributed by atoms with van der Waals surface area (Å²) in [7, 11) is 0. The first kappa shape index (κ1) is 26.6. The van der Waals surface area contributed by atoms with Crippen LogP contribution < -0.4 is 0 Å². The molecule has 0 aromatic heterocycles. The number of halogens is 5. The second kappa shape index (κ2) is 10.1. The standard InChI is InChI=1S/C28H32F5NO2/c1-26(30,28(31,32)33)21-9-12-23-20(17-21)8-13-24-27(23,18-19-6-10-22(29)11-7-19)14-16-34(24)15-4-2-3-5-25(35)36/h6-7,9-12,17,24H,2-5,8,13-16,18H2,1H3,(H,35,36)/t24-,26?,27-/m1/s1. The van der Waals surface area contributed by atoms with Crippen molar-refractivity contribution in [1.82, 2.24) is 4.90 Å². The fourth-order valence-electron chi connectivity index (χ4n) is 6.13. The van der Waals surface area contributed by atoms with E-state index in [-0.39, 0.29) is 29.3 Å². The zero-order valence-corrected chi connectivity index (χ0v) is 20.4. The molecule has 36 heavy (non-hydrogen) atoms. The molecule has 1 saturated heterocycles. The molecule has 0 radical (unpaired) electrons. The number of fused-ring (bicyclic) bond motifs is 3. The lowest BCUT2D eigenvalue weighted by atomic mass is 9.63. The van der Waals surface area contributed by atoms with Gasteiger partial charge in [-0.05, 0) is 92.9 Å². The number of likely N-dealkylation sites (tertiary alicyclic amines) is 1. The normalized spacial score (nSPS) is 23.7. The molecule has 196 valence electrons.